The first-order chi connectivity index (χ1) is 7.19. The average molecular weight is 209 g/mol. The molecule has 0 aromatic carbocycles. The van der Waals surface area contributed by atoms with Crippen molar-refractivity contribution in [3.8, 4) is 0 Å². The standard InChI is InChI=1S/C11H19N3O/c1-4-9(5-2)8-12-11(15)10-6-7-13-14(10)3/h6-7,9H,4-5,8H2,1-3H3,(H,12,15). The Balaban J connectivity index is 2.47. The SMILES string of the molecule is CCC(CC)CNC(=O)c1ccnn1C. The van der Waals surface area contributed by atoms with Gasteiger partial charge in [0.05, 0.1) is 0 Å². The lowest BCUT2D eigenvalue weighted by molar-refractivity contribution is 0.0937. The quantitative estimate of drug-likeness (QED) is 0.800. The summed E-state index contributed by atoms with van der Waals surface area (Å²) in [6.45, 7) is 5.03. The lowest BCUT2D eigenvalue weighted by atomic mass is 10.0. The Hall–Kier alpha value is -1.32. The smallest absolute Gasteiger partial charge is 0.269 e. The Morgan fingerprint density at radius 2 is 2.20 bits per heavy atom. The number of carbonyl (C=O) groups excluding carboxylic acids is 1. The Kier molecular flexibility index (Phi) is 4.34. The van der Waals surface area contributed by atoms with Crippen LogP contribution in [0.4, 0.5) is 0 Å². The maximum atomic E-state index is 11.7. The predicted octanol–water partition coefficient (Wildman–Crippen LogP) is 1.59. The van der Waals surface area contributed by atoms with E-state index in [-0.39, 0.29) is 5.91 Å². The maximum absolute atomic E-state index is 11.7. The van der Waals surface area contributed by atoms with Gasteiger partial charge in [-0.15, -0.1) is 0 Å². The number of nitrogens with one attached hydrogen (secondary N) is 1. The van der Waals surface area contributed by atoms with Crippen molar-refractivity contribution < 1.29 is 4.79 Å². The summed E-state index contributed by atoms with van der Waals surface area (Å²) in [4.78, 5) is 11.7. The van der Waals surface area contributed by atoms with Crippen molar-refractivity contribution in [1.82, 2.24) is 15.1 Å². The van der Waals surface area contributed by atoms with Crippen LogP contribution in [-0.4, -0.2) is 22.2 Å². The third-order valence-corrected chi connectivity index (χ3v) is 2.76. The topological polar surface area (TPSA) is 46.9 Å². The zero-order chi connectivity index (χ0) is 11.3. The van der Waals surface area contributed by atoms with Gasteiger partial charge in [-0.25, -0.2) is 0 Å². The van der Waals surface area contributed by atoms with Gasteiger partial charge in [0.15, 0.2) is 0 Å². The fraction of sp³-hybridized carbons (Fsp3) is 0.636. The summed E-state index contributed by atoms with van der Waals surface area (Å²) in [5, 5.41) is 6.89. The first-order valence-electron chi connectivity index (χ1n) is 5.45. The van der Waals surface area contributed by atoms with Crippen molar-refractivity contribution in [2.45, 2.75) is 26.7 Å². The van der Waals surface area contributed by atoms with Crippen LogP contribution in [0.3, 0.4) is 0 Å². The van der Waals surface area contributed by atoms with Gasteiger partial charge >= 0.3 is 0 Å². The van der Waals surface area contributed by atoms with Crippen LogP contribution in [0.2, 0.25) is 0 Å². The summed E-state index contributed by atoms with van der Waals surface area (Å²) in [5.74, 6) is 0.532. The monoisotopic (exact) mass is 209 g/mol. The number of amides is 1. The molecule has 0 fully saturated rings. The number of aryl methyl sites for hydroxylation is 1. The zero-order valence-corrected chi connectivity index (χ0v) is 9.66. The van der Waals surface area contributed by atoms with Crippen molar-refractivity contribution in [2.75, 3.05) is 6.54 Å². The third-order valence-electron chi connectivity index (χ3n) is 2.76. The van der Waals surface area contributed by atoms with Crippen molar-refractivity contribution in [3.63, 3.8) is 0 Å². The van der Waals surface area contributed by atoms with E-state index in [0.29, 0.717) is 11.6 Å². The van der Waals surface area contributed by atoms with Crippen molar-refractivity contribution >= 4 is 5.91 Å². The molecule has 4 heteroatoms. The Labute approximate surface area is 90.7 Å². The molecule has 0 saturated carbocycles. The van der Waals surface area contributed by atoms with E-state index < -0.39 is 0 Å². The van der Waals surface area contributed by atoms with Gasteiger partial charge in [-0.1, -0.05) is 26.7 Å². The second-order valence-corrected chi connectivity index (χ2v) is 3.73. The number of nitrogens with zero attached hydrogens (tertiary/aromatic N) is 2. The van der Waals surface area contributed by atoms with Crippen LogP contribution in [0.5, 0.6) is 0 Å². The van der Waals surface area contributed by atoms with Crippen molar-refractivity contribution in [3.05, 3.63) is 18.0 Å². The normalized spacial score (nSPS) is 10.7. The molecule has 0 aliphatic carbocycles. The molecule has 1 aromatic heterocycles. The molecule has 84 valence electrons. The molecule has 1 heterocycles. The zero-order valence-electron chi connectivity index (χ0n) is 9.66. The molecule has 0 spiro atoms. The second-order valence-electron chi connectivity index (χ2n) is 3.73. The molecule has 0 aliphatic heterocycles. The van der Waals surface area contributed by atoms with Crippen molar-refractivity contribution in [2.24, 2.45) is 13.0 Å². The van der Waals surface area contributed by atoms with E-state index in [1.54, 1.807) is 24.0 Å². The molecule has 1 amide bonds. The van der Waals surface area contributed by atoms with Crippen LogP contribution in [-0.2, 0) is 7.05 Å². The Bertz CT molecular complexity index is 315. The van der Waals surface area contributed by atoms with Crippen LogP contribution in [0, 0.1) is 5.92 Å². The van der Waals surface area contributed by atoms with Crippen LogP contribution in [0.25, 0.3) is 0 Å². The molecule has 1 rings (SSSR count). The third kappa shape index (κ3) is 3.08. The summed E-state index contributed by atoms with van der Waals surface area (Å²) in [5.41, 5.74) is 0.612. The highest BCUT2D eigenvalue weighted by Gasteiger charge is 2.11. The molecule has 0 saturated heterocycles. The largest absolute Gasteiger partial charge is 0.350 e. The molecular weight excluding hydrogens is 190 g/mol. The molecule has 0 bridgehead atoms. The predicted molar refractivity (Wildman–Crippen MR) is 59.6 cm³/mol. The van der Waals surface area contributed by atoms with Gasteiger partial charge in [-0.3, -0.25) is 9.48 Å². The van der Waals surface area contributed by atoms with E-state index >= 15 is 0 Å². The molecule has 15 heavy (non-hydrogen) atoms. The molecular formula is C11H19N3O. The summed E-state index contributed by atoms with van der Waals surface area (Å²) in [7, 11) is 1.77. The lowest BCUT2D eigenvalue weighted by Gasteiger charge is -2.13. The van der Waals surface area contributed by atoms with E-state index in [2.05, 4.69) is 24.3 Å². The summed E-state index contributed by atoms with van der Waals surface area (Å²) in [6, 6.07) is 1.72. The Morgan fingerprint density at radius 1 is 1.53 bits per heavy atom. The lowest BCUT2D eigenvalue weighted by Crippen LogP contribution is -2.30. The minimum atomic E-state index is -0.0399. The van der Waals surface area contributed by atoms with E-state index in [9.17, 15) is 4.79 Å². The summed E-state index contributed by atoms with van der Waals surface area (Å²) in [6.07, 6.45) is 3.83. The van der Waals surface area contributed by atoms with Gasteiger partial charge in [-0.2, -0.15) is 5.10 Å². The van der Waals surface area contributed by atoms with Gasteiger partial charge < -0.3 is 5.32 Å². The van der Waals surface area contributed by atoms with Gasteiger partial charge in [0, 0.05) is 19.8 Å². The Morgan fingerprint density at radius 3 is 2.67 bits per heavy atom. The van der Waals surface area contributed by atoms with Crippen LogP contribution in [0.15, 0.2) is 12.3 Å². The summed E-state index contributed by atoms with van der Waals surface area (Å²) < 4.78 is 1.59. The minimum absolute atomic E-state index is 0.0399. The fourth-order valence-electron chi connectivity index (χ4n) is 1.50. The number of hydrogen-bond acceptors (Lipinski definition) is 2. The number of rotatable bonds is 5. The van der Waals surface area contributed by atoms with E-state index in [1.165, 1.54) is 0 Å². The average Bonchev–Trinajstić information content (AvgIpc) is 2.66. The van der Waals surface area contributed by atoms with Gasteiger partial charge in [0.2, 0.25) is 0 Å². The molecule has 1 N–H and O–H groups in total. The highest BCUT2D eigenvalue weighted by Crippen LogP contribution is 2.05. The highest BCUT2D eigenvalue weighted by atomic mass is 16.2. The maximum Gasteiger partial charge on any atom is 0.269 e. The van der Waals surface area contributed by atoms with Crippen molar-refractivity contribution in [1.29, 1.82) is 0 Å². The minimum Gasteiger partial charge on any atom is -0.350 e. The first kappa shape index (κ1) is 11.8. The first-order valence-corrected chi connectivity index (χ1v) is 5.45. The van der Waals surface area contributed by atoms with Crippen LogP contribution in [0.1, 0.15) is 37.2 Å². The molecule has 0 atom stereocenters. The number of aromatic nitrogens is 2. The number of hydrogen-bond donors (Lipinski definition) is 1. The van der Waals surface area contributed by atoms with E-state index in [4.69, 9.17) is 0 Å². The summed E-state index contributed by atoms with van der Waals surface area (Å²) >= 11 is 0. The van der Waals surface area contributed by atoms with Gasteiger partial charge in [0.1, 0.15) is 5.69 Å². The van der Waals surface area contributed by atoms with Crippen LogP contribution < -0.4 is 5.32 Å². The fourth-order valence-corrected chi connectivity index (χ4v) is 1.50. The molecule has 0 aliphatic rings. The number of carbonyl (C=O) groups is 1. The molecule has 4 nitrogen and oxygen atoms in total. The molecule has 1 aromatic rings. The van der Waals surface area contributed by atoms with Gasteiger partial charge in [-0.05, 0) is 12.0 Å². The van der Waals surface area contributed by atoms with E-state index in [0.717, 1.165) is 19.4 Å². The molecule has 0 radical (unpaired) electrons. The van der Waals surface area contributed by atoms with E-state index in [1.807, 2.05) is 0 Å². The highest BCUT2D eigenvalue weighted by molar-refractivity contribution is 5.92. The molecule has 0 unspecified atom stereocenters. The van der Waals surface area contributed by atoms with Gasteiger partial charge in [0.25, 0.3) is 5.91 Å². The second kappa shape index (κ2) is 5.53. The van der Waals surface area contributed by atoms with Crippen LogP contribution >= 0.6 is 0 Å².